The lowest BCUT2D eigenvalue weighted by Crippen LogP contribution is -2.66. The molecule has 19 heteroatoms. The van der Waals surface area contributed by atoms with Crippen molar-refractivity contribution in [2.75, 3.05) is 26.4 Å². The number of unbranched alkanes of at least 4 members (excludes halogenated alkanes) is 23. The topological polar surface area (TPSA) is 307 Å². The third-order valence-corrected chi connectivity index (χ3v) is 15.0. The minimum Gasteiger partial charge on any atom is -0.394 e. The number of hydrogen-bond acceptors (Lipinski definition) is 18. The Morgan fingerprint density at radius 2 is 0.868 bits per heavy atom. The number of amides is 1. The summed E-state index contributed by atoms with van der Waals surface area (Å²) in [5.41, 5.74) is 0. The number of rotatable bonds is 43. The van der Waals surface area contributed by atoms with Gasteiger partial charge in [-0.3, -0.25) is 4.79 Å². The largest absolute Gasteiger partial charge is 0.394 e. The van der Waals surface area contributed by atoms with Crippen LogP contribution in [0.1, 0.15) is 200 Å². The number of nitrogens with one attached hydrogen (secondary N) is 1. The Hall–Kier alpha value is -1.73. The van der Waals surface area contributed by atoms with Crippen LogP contribution in [0.3, 0.4) is 0 Å². The monoisotopic (exact) mass is 1090 g/mol. The summed E-state index contributed by atoms with van der Waals surface area (Å²) < 4.78 is 34.1. The van der Waals surface area contributed by atoms with E-state index in [-0.39, 0.29) is 18.9 Å². The smallest absolute Gasteiger partial charge is 0.220 e. The van der Waals surface area contributed by atoms with Gasteiger partial charge in [-0.2, -0.15) is 0 Å². The van der Waals surface area contributed by atoms with Crippen LogP contribution in [0, 0.1) is 0 Å². The van der Waals surface area contributed by atoms with Crippen molar-refractivity contribution in [3.8, 4) is 0 Å². The van der Waals surface area contributed by atoms with Crippen molar-refractivity contribution < 1.29 is 89.4 Å². The Kier molecular flexibility index (Phi) is 37.2. The number of carbonyl (C=O) groups is 1. The molecular weight excluding hydrogens is 987 g/mol. The maximum atomic E-state index is 13.2. The summed E-state index contributed by atoms with van der Waals surface area (Å²) in [6.07, 6.45) is 15.2. The molecule has 17 atom stereocenters. The minimum atomic E-state index is -1.97. The van der Waals surface area contributed by atoms with Gasteiger partial charge in [0.05, 0.1) is 38.6 Å². The number of aliphatic hydroxyl groups excluding tert-OH is 11. The van der Waals surface area contributed by atoms with Gasteiger partial charge in [-0.05, 0) is 44.9 Å². The van der Waals surface area contributed by atoms with Crippen LogP contribution in [0.15, 0.2) is 24.3 Å². The predicted octanol–water partition coefficient (Wildman–Crippen LogP) is 4.76. The van der Waals surface area contributed by atoms with Gasteiger partial charge >= 0.3 is 0 Å². The second kappa shape index (κ2) is 41.3. The zero-order valence-corrected chi connectivity index (χ0v) is 46.2. The average molecular weight is 1090 g/mol. The molecule has 0 bridgehead atoms. The number of hydrogen-bond donors (Lipinski definition) is 12. The molecule has 12 N–H and O–H groups in total. The van der Waals surface area contributed by atoms with Crippen molar-refractivity contribution >= 4 is 5.91 Å². The average Bonchev–Trinajstić information content (AvgIpc) is 3.42. The first-order valence-corrected chi connectivity index (χ1v) is 29.6. The molecule has 0 aliphatic carbocycles. The molecule has 17 unspecified atom stereocenters. The van der Waals surface area contributed by atoms with Gasteiger partial charge in [0.15, 0.2) is 18.9 Å². The zero-order valence-electron chi connectivity index (χ0n) is 46.2. The molecule has 0 aromatic carbocycles. The van der Waals surface area contributed by atoms with E-state index in [1.807, 2.05) is 0 Å². The van der Waals surface area contributed by atoms with Crippen LogP contribution in [-0.2, 0) is 33.2 Å². The molecule has 3 aliphatic rings. The lowest BCUT2D eigenvalue weighted by atomic mass is 9.96. The first-order valence-electron chi connectivity index (χ1n) is 29.6. The highest BCUT2D eigenvalue weighted by Gasteiger charge is 2.53. The minimum absolute atomic E-state index is 0.252. The Morgan fingerprint density at radius 3 is 1.34 bits per heavy atom. The van der Waals surface area contributed by atoms with Crippen LogP contribution >= 0.6 is 0 Å². The van der Waals surface area contributed by atoms with Crippen molar-refractivity contribution in [1.29, 1.82) is 0 Å². The molecule has 3 rings (SSSR count). The summed E-state index contributed by atoms with van der Waals surface area (Å²) in [5, 5.41) is 119. The van der Waals surface area contributed by atoms with Crippen LogP contribution in [0.25, 0.3) is 0 Å². The molecule has 3 fully saturated rings. The first kappa shape index (κ1) is 68.5. The van der Waals surface area contributed by atoms with Gasteiger partial charge < -0.3 is 89.9 Å². The number of ether oxygens (including phenoxy) is 6. The van der Waals surface area contributed by atoms with Gasteiger partial charge in [-0.15, -0.1) is 0 Å². The molecule has 76 heavy (non-hydrogen) atoms. The van der Waals surface area contributed by atoms with E-state index in [2.05, 4.69) is 43.5 Å². The molecule has 3 heterocycles. The van der Waals surface area contributed by atoms with E-state index >= 15 is 0 Å². The third-order valence-electron chi connectivity index (χ3n) is 15.0. The fraction of sp³-hybridized carbons (Fsp3) is 0.912. The number of aliphatic hydroxyl groups is 11. The predicted molar refractivity (Wildman–Crippen MR) is 286 cm³/mol. The molecule has 0 spiro atoms. The molecule has 446 valence electrons. The van der Waals surface area contributed by atoms with Crippen molar-refractivity contribution in [1.82, 2.24) is 5.32 Å². The lowest BCUT2D eigenvalue weighted by molar-refractivity contribution is -0.379. The van der Waals surface area contributed by atoms with Gasteiger partial charge in [-0.25, -0.2) is 0 Å². The lowest BCUT2D eigenvalue weighted by Gasteiger charge is -2.48. The summed E-state index contributed by atoms with van der Waals surface area (Å²) in [5.74, 6) is -0.252. The van der Waals surface area contributed by atoms with Crippen LogP contribution in [0.4, 0.5) is 0 Å². The molecule has 3 saturated heterocycles. The van der Waals surface area contributed by atoms with Crippen molar-refractivity contribution in [2.45, 2.75) is 304 Å². The molecule has 0 saturated carbocycles. The Bertz CT molecular complexity index is 1490. The number of carbonyl (C=O) groups excluding carboxylic acids is 1. The van der Waals surface area contributed by atoms with E-state index in [1.165, 1.54) is 116 Å². The van der Waals surface area contributed by atoms with Crippen LogP contribution in [-0.4, -0.2) is 193 Å². The fourth-order valence-corrected chi connectivity index (χ4v) is 10.1. The van der Waals surface area contributed by atoms with Crippen LogP contribution in [0.5, 0.6) is 0 Å². The number of allylic oxidation sites excluding steroid dienone is 4. The summed E-state index contributed by atoms with van der Waals surface area (Å²) in [4.78, 5) is 13.2. The molecule has 1 amide bonds. The zero-order chi connectivity index (χ0) is 55.5. The Morgan fingerprint density at radius 1 is 0.474 bits per heavy atom. The standard InChI is InChI=1S/C57H105NO18/c1-3-5-7-9-10-11-12-13-14-15-16-17-18-19-20-21-22-23-24-25-26-27-28-29-30-31-33-35-45(63)58-40(41(62)34-32-8-6-4-2)39-71-55-51(69)48(66)53(43(37-60)73-55)76-57-52(70)49(67)54(44(38-61)74-57)75-56-50(68)47(65)46(64)42(36-59)72-56/h12-13,15-16,40-44,46-57,59-62,64-70H,3-11,14,17-39H2,1-2H3,(H,58,63)/b13-12-,16-15-. The van der Waals surface area contributed by atoms with Gasteiger partial charge in [0, 0.05) is 6.42 Å². The summed E-state index contributed by atoms with van der Waals surface area (Å²) in [6, 6.07) is -0.880. The van der Waals surface area contributed by atoms with E-state index in [4.69, 9.17) is 28.4 Å². The van der Waals surface area contributed by atoms with Gasteiger partial charge in [0.2, 0.25) is 5.91 Å². The van der Waals surface area contributed by atoms with Gasteiger partial charge in [-0.1, -0.05) is 173 Å². The quantitative estimate of drug-likeness (QED) is 0.0289. The highest BCUT2D eigenvalue weighted by atomic mass is 16.8. The molecule has 0 aromatic rings. The Balaban J connectivity index is 1.33. The van der Waals surface area contributed by atoms with Crippen molar-refractivity contribution in [3.63, 3.8) is 0 Å². The highest BCUT2D eigenvalue weighted by Crippen LogP contribution is 2.33. The Labute approximate surface area is 454 Å². The van der Waals surface area contributed by atoms with E-state index in [0.29, 0.717) is 19.3 Å². The summed E-state index contributed by atoms with van der Waals surface area (Å²) >= 11 is 0. The van der Waals surface area contributed by atoms with Crippen molar-refractivity contribution in [3.05, 3.63) is 24.3 Å². The van der Waals surface area contributed by atoms with Crippen LogP contribution in [0.2, 0.25) is 0 Å². The summed E-state index contributed by atoms with van der Waals surface area (Å²) in [7, 11) is 0. The molecule has 0 aromatic heterocycles. The molecule has 3 aliphatic heterocycles. The maximum absolute atomic E-state index is 13.2. The van der Waals surface area contributed by atoms with Gasteiger partial charge in [0.25, 0.3) is 0 Å². The van der Waals surface area contributed by atoms with E-state index < -0.39 is 124 Å². The van der Waals surface area contributed by atoms with E-state index in [1.54, 1.807) is 0 Å². The van der Waals surface area contributed by atoms with E-state index in [9.17, 15) is 61.0 Å². The van der Waals surface area contributed by atoms with Crippen molar-refractivity contribution in [2.24, 2.45) is 0 Å². The first-order chi connectivity index (χ1) is 36.8. The fourth-order valence-electron chi connectivity index (χ4n) is 10.1. The SMILES string of the molecule is CCCCCCC/C=C\C/C=C\CCCCCCCCCCCCCCCCCC(=O)NC(COC1OC(CO)C(OC2OC(CO)C(OC3OC(CO)C(O)C(O)C3O)C(O)C2O)C(O)C1O)C(O)CCCCCC. The highest BCUT2D eigenvalue weighted by molar-refractivity contribution is 5.76. The van der Waals surface area contributed by atoms with Gasteiger partial charge in [0.1, 0.15) is 73.2 Å². The normalized spacial score (nSPS) is 31.1. The second-order valence-electron chi connectivity index (χ2n) is 21.5. The molecule has 0 radical (unpaired) electrons. The molecular formula is C57H105NO18. The summed E-state index contributed by atoms with van der Waals surface area (Å²) in [6.45, 7) is 1.63. The van der Waals surface area contributed by atoms with E-state index in [0.717, 1.165) is 44.9 Å². The van der Waals surface area contributed by atoms with Crippen LogP contribution < -0.4 is 5.32 Å². The maximum Gasteiger partial charge on any atom is 0.220 e. The molecule has 19 nitrogen and oxygen atoms in total. The third kappa shape index (κ3) is 25.4. The second-order valence-corrected chi connectivity index (χ2v) is 21.5.